The van der Waals surface area contributed by atoms with Crippen molar-refractivity contribution in [1.29, 1.82) is 0 Å². The van der Waals surface area contributed by atoms with Gasteiger partial charge in [-0.1, -0.05) is 54.6 Å². The molecule has 3 aromatic rings. The van der Waals surface area contributed by atoms with Gasteiger partial charge in [-0.05, 0) is 23.1 Å². The van der Waals surface area contributed by atoms with Crippen LogP contribution in [0.15, 0.2) is 71.6 Å². The van der Waals surface area contributed by atoms with Crippen LogP contribution in [0.2, 0.25) is 0 Å². The van der Waals surface area contributed by atoms with Crippen molar-refractivity contribution in [1.82, 2.24) is 5.32 Å². The van der Waals surface area contributed by atoms with E-state index >= 15 is 0 Å². The van der Waals surface area contributed by atoms with Crippen molar-refractivity contribution in [3.63, 3.8) is 0 Å². The quantitative estimate of drug-likeness (QED) is 0.588. The highest BCUT2D eigenvalue weighted by Gasteiger charge is 2.37. The second kappa shape index (κ2) is 8.19. The highest BCUT2D eigenvalue weighted by molar-refractivity contribution is 7.93. The zero-order valence-electron chi connectivity index (χ0n) is 16.3. The summed E-state index contributed by atoms with van der Waals surface area (Å²) < 4.78 is 31.6. The van der Waals surface area contributed by atoms with E-state index in [4.69, 9.17) is 4.74 Å². The summed E-state index contributed by atoms with van der Waals surface area (Å²) in [6.07, 6.45) is 0.00874. The van der Waals surface area contributed by atoms with Gasteiger partial charge in [0.2, 0.25) is 5.91 Å². The van der Waals surface area contributed by atoms with E-state index in [1.807, 2.05) is 6.07 Å². The number of carbonyl (C=O) groups is 3. The number of imide groups is 1. The number of hydrogen-bond acceptors (Lipinski definition) is 6. The van der Waals surface area contributed by atoms with Crippen LogP contribution in [0.5, 0.6) is 0 Å². The maximum absolute atomic E-state index is 12.9. The van der Waals surface area contributed by atoms with Crippen LogP contribution in [0.25, 0.3) is 10.8 Å². The lowest BCUT2D eigenvalue weighted by molar-refractivity contribution is -0.148. The number of ether oxygens (including phenoxy) is 1. The standard InChI is InChI=1S/C22H18N2O6S/c25-19(12-15-6-2-1-3-7-15)23-20(26)14-30-21(27)13-24-17-10-4-8-16-9-5-11-18(22(16)17)31(24,28)29/h1-11H,12-14H2,(H,23,25,26). The lowest BCUT2D eigenvalue weighted by Gasteiger charge is -2.17. The van der Waals surface area contributed by atoms with E-state index < -0.39 is 41.0 Å². The molecule has 158 valence electrons. The second-order valence-corrected chi connectivity index (χ2v) is 8.77. The second-order valence-electron chi connectivity index (χ2n) is 6.94. The summed E-state index contributed by atoms with van der Waals surface area (Å²) in [5, 5.41) is 3.42. The average molecular weight is 438 g/mol. The summed E-state index contributed by atoms with van der Waals surface area (Å²) in [5.74, 6) is -2.22. The fraction of sp³-hybridized carbons (Fsp3) is 0.136. The van der Waals surface area contributed by atoms with Crippen LogP contribution in [-0.4, -0.2) is 39.4 Å². The van der Waals surface area contributed by atoms with Gasteiger partial charge in [0.05, 0.1) is 17.0 Å². The van der Waals surface area contributed by atoms with E-state index in [9.17, 15) is 22.8 Å². The number of rotatable bonds is 6. The lowest BCUT2D eigenvalue weighted by atomic mass is 10.1. The highest BCUT2D eigenvalue weighted by Crippen LogP contribution is 2.41. The van der Waals surface area contributed by atoms with Crippen molar-refractivity contribution in [2.75, 3.05) is 17.5 Å². The molecular weight excluding hydrogens is 420 g/mol. The van der Waals surface area contributed by atoms with Crippen molar-refractivity contribution in [2.24, 2.45) is 0 Å². The van der Waals surface area contributed by atoms with E-state index in [-0.39, 0.29) is 11.3 Å². The molecule has 0 fully saturated rings. The monoisotopic (exact) mass is 438 g/mol. The third-order valence-electron chi connectivity index (χ3n) is 4.80. The predicted molar refractivity (Wildman–Crippen MR) is 113 cm³/mol. The molecule has 1 aliphatic heterocycles. The Balaban J connectivity index is 1.36. The Bertz CT molecular complexity index is 1280. The van der Waals surface area contributed by atoms with Crippen molar-refractivity contribution < 1.29 is 27.5 Å². The number of benzene rings is 3. The Kier molecular flexibility index (Phi) is 5.43. The van der Waals surface area contributed by atoms with Crippen molar-refractivity contribution in [3.8, 4) is 0 Å². The molecule has 2 amide bonds. The Morgan fingerprint density at radius 1 is 0.871 bits per heavy atom. The minimum Gasteiger partial charge on any atom is -0.454 e. The van der Waals surface area contributed by atoms with E-state index in [1.165, 1.54) is 6.07 Å². The molecule has 0 saturated heterocycles. The molecular formula is C22H18N2O6S. The molecule has 1 N–H and O–H groups in total. The summed E-state index contributed by atoms with van der Waals surface area (Å²) in [7, 11) is -3.91. The number of amides is 2. The fourth-order valence-corrected chi connectivity index (χ4v) is 5.11. The third kappa shape index (κ3) is 4.13. The van der Waals surface area contributed by atoms with Crippen LogP contribution in [0.4, 0.5) is 5.69 Å². The zero-order chi connectivity index (χ0) is 22.0. The first-order valence-electron chi connectivity index (χ1n) is 9.43. The molecule has 0 atom stereocenters. The molecule has 1 heterocycles. The first-order chi connectivity index (χ1) is 14.9. The van der Waals surface area contributed by atoms with E-state index in [2.05, 4.69) is 5.32 Å². The molecule has 0 aliphatic carbocycles. The summed E-state index contributed by atoms with van der Waals surface area (Å²) in [5.41, 5.74) is 1.12. The summed E-state index contributed by atoms with van der Waals surface area (Å²) >= 11 is 0. The van der Waals surface area contributed by atoms with Gasteiger partial charge in [-0.25, -0.2) is 8.42 Å². The van der Waals surface area contributed by atoms with Crippen LogP contribution < -0.4 is 9.62 Å². The molecule has 0 spiro atoms. The SMILES string of the molecule is O=C(COC(=O)CN1c2cccc3cccc(c23)S1(=O)=O)NC(=O)Cc1ccccc1. The number of anilines is 1. The molecule has 1 aliphatic rings. The minimum atomic E-state index is -3.91. The van der Waals surface area contributed by atoms with E-state index in [1.54, 1.807) is 54.6 Å². The molecule has 0 saturated carbocycles. The number of sulfonamides is 1. The van der Waals surface area contributed by atoms with Crippen LogP contribution in [0.3, 0.4) is 0 Å². The van der Waals surface area contributed by atoms with Crippen molar-refractivity contribution in [3.05, 3.63) is 72.3 Å². The predicted octanol–water partition coefficient (Wildman–Crippen LogP) is 1.78. The fourth-order valence-electron chi connectivity index (χ4n) is 3.45. The van der Waals surface area contributed by atoms with E-state index in [0.29, 0.717) is 11.1 Å². The van der Waals surface area contributed by atoms with E-state index in [0.717, 1.165) is 15.3 Å². The number of esters is 1. The Morgan fingerprint density at radius 2 is 1.58 bits per heavy atom. The first-order valence-corrected chi connectivity index (χ1v) is 10.9. The van der Waals surface area contributed by atoms with Crippen LogP contribution in [-0.2, 0) is 35.6 Å². The van der Waals surface area contributed by atoms with Crippen molar-refractivity contribution >= 4 is 44.3 Å². The van der Waals surface area contributed by atoms with Gasteiger partial charge < -0.3 is 4.74 Å². The molecule has 4 rings (SSSR count). The Labute approximate surface area is 178 Å². The Hall–Kier alpha value is -3.72. The van der Waals surface area contributed by atoms with Gasteiger partial charge in [-0.2, -0.15) is 0 Å². The number of carbonyl (C=O) groups excluding carboxylic acids is 3. The molecule has 3 aromatic carbocycles. The van der Waals surface area contributed by atoms with Gasteiger partial charge in [0.15, 0.2) is 6.61 Å². The summed E-state index contributed by atoms with van der Waals surface area (Å²) in [6, 6.07) is 18.9. The Morgan fingerprint density at radius 3 is 2.32 bits per heavy atom. The molecule has 0 aromatic heterocycles. The number of nitrogens with zero attached hydrogens (tertiary/aromatic N) is 1. The topological polar surface area (TPSA) is 110 Å². The zero-order valence-corrected chi connectivity index (χ0v) is 17.1. The molecule has 0 unspecified atom stereocenters. The number of hydrogen-bond donors (Lipinski definition) is 1. The molecule has 31 heavy (non-hydrogen) atoms. The smallest absolute Gasteiger partial charge is 0.327 e. The lowest BCUT2D eigenvalue weighted by Crippen LogP contribution is -2.38. The van der Waals surface area contributed by atoms with Gasteiger partial charge in [-0.15, -0.1) is 0 Å². The largest absolute Gasteiger partial charge is 0.454 e. The van der Waals surface area contributed by atoms with Crippen LogP contribution in [0, 0.1) is 0 Å². The van der Waals surface area contributed by atoms with Gasteiger partial charge in [0, 0.05) is 5.39 Å². The third-order valence-corrected chi connectivity index (χ3v) is 6.61. The number of nitrogens with one attached hydrogen (secondary N) is 1. The summed E-state index contributed by atoms with van der Waals surface area (Å²) in [4.78, 5) is 36.2. The average Bonchev–Trinajstić information content (AvgIpc) is 2.96. The van der Waals surface area contributed by atoms with Crippen LogP contribution in [0.1, 0.15) is 5.56 Å². The molecule has 9 heteroatoms. The normalized spacial score (nSPS) is 13.7. The maximum atomic E-state index is 12.9. The molecule has 0 bridgehead atoms. The maximum Gasteiger partial charge on any atom is 0.327 e. The van der Waals surface area contributed by atoms with Crippen molar-refractivity contribution in [2.45, 2.75) is 11.3 Å². The van der Waals surface area contributed by atoms with Gasteiger partial charge in [-0.3, -0.25) is 24.0 Å². The highest BCUT2D eigenvalue weighted by atomic mass is 32.2. The minimum absolute atomic E-state index is 0.00874. The van der Waals surface area contributed by atoms with Crippen LogP contribution >= 0.6 is 0 Å². The first kappa shape index (κ1) is 20.5. The van der Waals surface area contributed by atoms with Gasteiger partial charge >= 0.3 is 5.97 Å². The molecule has 8 nitrogen and oxygen atoms in total. The summed E-state index contributed by atoms with van der Waals surface area (Å²) in [6.45, 7) is -1.27. The molecule has 0 radical (unpaired) electrons. The van der Waals surface area contributed by atoms with Gasteiger partial charge in [0.1, 0.15) is 6.54 Å². The van der Waals surface area contributed by atoms with Gasteiger partial charge in [0.25, 0.3) is 15.9 Å².